The first-order chi connectivity index (χ1) is 13.1. The molecule has 1 aromatic heterocycles. The zero-order valence-electron chi connectivity index (χ0n) is 15.0. The van der Waals surface area contributed by atoms with Crippen molar-refractivity contribution >= 4 is 16.8 Å². The van der Waals surface area contributed by atoms with E-state index in [1.54, 1.807) is 13.0 Å². The Balaban J connectivity index is 2.35. The second-order valence-corrected chi connectivity index (χ2v) is 6.32. The number of primary amides is 1. The van der Waals surface area contributed by atoms with Crippen molar-refractivity contribution in [3.05, 3.63) is 70.0 Å². The summed E-state index contributed by atoms with van der Waals surface area (Å²) in [4.78, 5) is 15.9. The molecule has 0 unspecified atom stereocenters. The van der Waals surface area contributed by atoms with E-state index in [1.165, 1.54) is 25.3 Å². The smallest absolute Gasteiger partial charge is 0.416 e. The van der Waals surface area contributed by atoms with E-state index in [4.69, 9.17) is 10.5 Å². The minimum absolute atomic E-state index is 0.00440. The van der Waals surface area contributed by atoms with Gasteiger partial charge in [-0.2, -0.15) is 13.2 Å². The highest BCUT2D eigenvalue weighted by molar-refractivity contribution is 6.02. The van der Waals surface area contributed by atoms with E-state index in [9.17, 15) is 22.4 Å². The maximum absolute atomic E-state index is 13.5. The Hall–Kier alpha value is -3.16. The van der Waals surface area contributed by atoms with Crippen LogP contribution >= 0.6 is 0 Å². The predicted octanol–water partition coefficient (Wildman–Crippen LogP) is 4.40. The topological polar surface area (TPSA) is 65.2 Å². The highest BCUT2D eigenvalue weighted by atomic mass is 19.4. The lowest BCUT2D eigenvalue weighted by Gasteiger charge is -2.17. The number of rotatable bonds is 4. The molecule has 146 valence electrons. The molecule has 4 nitrogen and oxygen atoms in total. The largest absolute Gasteiger partial charge is 0.480 e. The number of nitrogens with zero attached hydrogens (tertiary/aromatic N) is 1. The molecule has 2 N–H and O–H groups in total. The normalized spacial score (nSPS) is 11.6. The van der Waals surface area contributed by atoms with Gasteiger partial charge in [0.25, 0.3) is 5.91 Å². The molecule has 8 heteroatoms. The Bertz CT molecular complexity index is 1080. The number of halogens is 4. The fraction of sp³-hybridized carbons (Fsp3) is 0.200. The van der Waals surface area contributed by atoms with E-state index >= 15 is 0 Å². The van der Waals surface area contributed by atoms with Crippen molar-refractivity contribution in [3.63, 3.8) is 0 Å². The number of aryl methyl sites for hydroxylation is 1. The number of pyridine rings is 1. The third kappa shape index (κ3) is 3.62. The van der Waals surface area contributed by atoms with Crippen molar-refractivity contribution in [1.82, 2.24) is 4.98 Å². The number of carbonyl (C=O) groups excluding carboxylic acids is 1. The molecule has 3 rings (SSSR count). The van der Waals surface area contributed by atoms with Crippen molar-refractivity contribution < 1.29 is 27.1 Å². The van der Waals surface area contributed by atoms with Crippen LogP contribution in [-0.2, 0) is 12.6 Å². The van der Waals surface area contributed by atoms with Gasteiger partial charge in [0.1, 0.15) is 11.4 Å². The molecule has 0 saturated heterocycles. The van der Waals surface area contributed by atoms with Gasteiger partial charge in [0, 0.05) is 5.39 Å². The number of hydrogen-bond donors (Lipinski definition) is 1. The number of ether oxygens (including phenoxy) is 1. The van der Waals surface area contributed by atoms with Crippen LogP contribution in [0.4, 0.5) is 17.6 Å². The summed E-state index contributed by atoms with van der Waals surface area (Å²) in [5, 5.41) is 0.354. The second-order valence-electron chi connectivity index (χ2n) is 6.32. The summed E-state index contributed by atoms with van der Waals surface area (Å²) in [5.74, 6) is -1.45. The molecule has 0 aliphatic carbocycles. The summed E-state index contributed by atoms with van der Waals surface area (Å²) in [6.07, 6.45) is -4.58. The van der Waals surface area contributed by atoms with Gasteiger partial charge in [-0.05, 0) is 54.3 Å². The first-order valence-corrected chi connectivity index (χ1v) is 8.24. The van der Waals surface area contributed by atoms with Crippen molar-refractivity contribution in [3.8, 4) is 5.88 Å². The van der Waals surface area contributed by atoms with Crippen molar-refractivity contribution in [1.29, 1.82) is 0 Å². The average Bonchev–Trinajstić information content (AvgIpc) is 2.59. The van der Waals surface area contributed by atoms with Gasteiger partial charge in [0.15, 0.2) is 0 Å². The molecule has 1 heterocycles. The minimum atomic E-state index is -4.60. The van der Waals surface area contributed by atoms with Gasteiger partial charge >= 0.3 is 6.18 Å². The molecule has 0 fully saturated rings. The molecular weight excluding hydrogens is 376 g/mol. The summed E-state index contributed by atoms with van der Waals surface area (Å²) < 4.78 is 58.8. The molecular formula is C20H16F4N2O2. The van der Waals surface area contributed by atoms with Gasteiger partial charge in [0.05, 0.1) is 18.2 Å². The molecule has 3 aromatic rings. The number of nitrogens with two attached hydrogens (primary N) is 1. The number of aromatic nitrogens is 1. The second kappa shape index (κ2) is 7.10. The lowest BCUT2D eigenvalue weighted by atomic mass is 9.93. The summed E-state index contributed by atoms with van der Waals surface area (Å²) in [5.41, 5.74) is 5.62. The Kier molecular flexibility index (Phi) is 4.97. The third-order valence-electron chi connectivity index (χ3n) is 4.44. The van der Waals surface area contributed by atoms with E-state index in [0.717, 1.165) is 12.1 Å². The molecule has 0 atom stereocenters. The van der Waals surface area contributed by atoms with Crippen LogP contribution in [0.2, 0.25) is 0 Å². The summed E-state index contributed by atoms with van der Waals surface area (Å²) in [6.45, 7) is 1.56. The number of amides is 1. The van der Waals surface area contributed by atoms with E-state index in [2.05, 4.69) is 4.98 Å². The maximum atomic E-state index is 13.5. The summed E-state index contributed by atoms with van der Waals surface area (Å²) in [7, 11) is 1.25. The van der Waals surface area contributed by atoms with Crippen molar-refractivity contribution in [2.24, 2.45) is 5.73 Å². The van der Waals surface area contributed by atoms with Crippen LogP contribution in [0.1, 0.15) is 32.6 Å². The zero-order chi connectivity index (χ0) is 20.6. The highest BCUT2D eigenvalue weighted by Crippen LogP contribution is 2.37. The molecule has 0 radical (unpaired) electrons. The van der Waals surface area contributed by atoms with E-state index in [-0.39, 0.29) is 28.9 Å². The molecule has 0 saturated carbocycles. The van der Waals surface area contributed by atoms with E-state index < -0.39 is 23.5 Å². The number of fused-ring (bicyclic) bond motifs is 1. The molecule has 1 amide bonds. The summed E-state index contributed by atoms with van der Waals surface area (Å²) in [6, 6.07) is 7.45. The molecule has 0 spiro atoms. The van der Waals surface area contributed by atoms with Gasteiger partial charge in [-0.15, -0.1) is 0 Å². The van der Waals surface area contributed by atoms with Crippen LogP contribution in [0.25, 0.3) is 10.9 Å². The third-order valence-corrected chi connectivity index (χ3v) is 4.44. The van der Waals surface area contributed by atoms with Crippen LogP contribution in [0.5, 0.6) is 5.88 Å². The number of alkyl halides is 3. The molecule has 0 aliphatic heterocycles. The number of carbonyl (C=O) groups is 1. The SMILES string of the molecule is COc1nc2cc(C(F)(F)F)cc(Cc3cccc(F)c3)c2c(C)c1C(N)=O. The van der Waals surface area contributed by atoms with Crippen molar-refractivity contribution in [2.45, 2.75) is 19.5 Å². The molecule has 0 aliphatic rings. The van der Waals surface area contributed by atoms with Gasteiger partial charge < -0.3 is 10.5 Å². The highest BCUT2D eigenvalue weighted by Gasteiger charge is 2.32. The first kappa shape index (κ1) is 19.6. The summed E-state index contributed by atoms with van der Waals surface area (Å²) >= 11 is 0. The van der Waals surface area contributed by atoms with Crippen LogP contribution in [-0.4, -0.2) is 18.0 Å². The first-order valence-electron chi connectivity index (χ1n) is 8.24. The van der Waals surface area contributed by atoms with Gasteiger partial charge in [0.2, 0.25) is 5.88 Å². The number of hydrogen-bond acceptors (Lipinski definition) is 3. The Morgan fingerprint density at radius 1 is 1.21 bits per heavy atom. The zero-order valence-corrected chi connectivity index (χ0v) is 15.0. The fourth-order valence-electron chi connectivity index (χ4n) is 3.27. The molecule has 28 heavy (non-hydrogen) atoms. The van der Waals surface area contributed by atoms with Crippen LogP contribution < -0.4 is 10.5 Å². The van der Waals surface area contributed by atoms with Gasteiger partial charge in [-0.25, -0.2) is 9.37 Å². The van der Waals surface area contributed by atoms with E-state index in [0.29, 0.717) is 16.5 Å². The average molecular weight is 392 g/mol. The Labute approximate surface area is 157 Å². The predicted molar refractivity (Wildman–Crippen MR) is 95.8 cm³/mol. The number of benzene rings is 2. The lowest BCUT2D eigenvalue weighted by Crippen LogP contribution is -2.16. The Morgan fingerprint density at radius 3 is 2.50 bits per heavy atom. The molecule has 0 bridgehead atoms. The van der Waals surface area contributed by atoms with Gasteiger partial charge in [-0.1, -0.05) is 12.1 Å². The lowest BCUT2D eigenvalue weighted by molar-refractivity contribution is -0.137. The van der Waals surface area contributed by atoms with Crippen LogP contribution in [0, 0.1) is 12.7 Å². The monoisotopic (exact) mass is 392 g/mol. The minimum Gasteiger partial charge on any atom is -0.480 e. The maximum Gasteiger partial charge on any atom is 0.416 e. The van der Waals surface area contributed by atoms with Crippen LogP contribution in [0.3, 0.4) is 0 Å². The quantitative estimate of drug-likeness (QED) is 0.670. The number of methoxy groups -OCH3 is 1. The van der Waals surface area contributed by atoms with E-state index in [1.807, 2.05) is 0 Å². The van der Waals surface area contributed by atoms with Gasteiger partial charge in [-0.3, -0.25) is 4.79 Å². The Morgan fingerprint density at radius 2 is 1.93 bits per heavy atom. The molecule has 2 aromatic carbocycles. The van der Waals surface area contributed by atoms with Crippen LogP contribution in [0.15, 0.2) is 36.4 Å². The van der Waals surface area contributed by atoms with Crippen molar-refractivity contribution in [2.75, 3.05) is 7.11 Å². The standard InChI is InChI=1S/C20H16F4N2O2/c1-10-16-12(6-11-4-3-5-14(21)7-11)8-13(20(22,23)24)9-15(16)26-19(28-2)17(10)18(25)27/h3-5,7-9H,6H2,1-2H3,(H2,25,27). The fourth-order valence-corrected chi connectivity index (χ4v) is 3.27.